The molecule has 1 fully saturated rings. The number of nitrogens with zero attached hydrogens (tertiary/aromatic N) is 3. The summed E-state index contributed by atoms with van der Waals surface area (Å²) < 4.78 is 7.17. The fraction of sp³-hybridized carbons (Fsp3) is 0.750. The van der Waals surface area contributed by atoms with Crippen molar-refractivity contribution in [1.82, 2.24) is 14.7 Å². The van der Waals surface area contributed by atoms with Gasteiger partial charge in [0.1, 0.15) is 5.69 Å². The molecule has 0 aromatic carbocycles. The number of hydrogen-bond donors (Lipinski definition) is 0. The summed E-state index contributed by atoms with van der Waals surface area (Å²) in [5.74, 6) is 0.724. The van der Waals surface area contributed by atoms with Crippen LogP contribution in [-0.4, -0.2) is 46.2 Å². The molecule has 1 aliphatic heterocycles. The third-order valence-electron chi connectivity index (χ3n) is 4.66. The predicted molar refractivity (Wildman–Crippen MR) is 82.9 cm³/mol. The van der Waals surface area contributed by atoms with Crippen LogP contribution in [0.1, 0.15) is 56.9 Å². The summed E-state index contributed by atoms with van der Waals surface area (Å²) >= 11 is 0. The van der Waals surface area contributed by atoms with Crippen molar-refractivity contribution in [1.29, 1.82) is 0 Å². The van der Waals surface area contributed by atoms with Gasteiger partial charge in [-0.1, -0.05) is 13.8 Å². The van der Waals surface area contributed by atoms with E-state index < -0.39 is 5.54 Å². The molecule has 0 radical (unpaired) electrons. The zero-order chi connectivity index (χ0) is 15.5. The molecule has 1 aromatic heterocycles. The number of likely N-dealkylation sites (tertiary alicyclic amines) is 1. The molecule has 1 aliphatic rings. The maximum absolute atomic E-state index is 13.2. The van der Waals surface area contributed by atoms with Gasteiger partial charge in [0.15, 0.2) is 5.75 Å². The summed E-state index contributed by atoms with van der Waals surface area (Å²) in [4.78, 5) is 15.6. The van der Waals surface area contributed by atoms with Crippen molar-refractivity contribution in [2.24, 2.45) is 0 Å². The smallest absolute Gasteiger partial charge is 0.204 e. The van der Waals surface area contributed by atoms with E-state index in [9.17, 15) is 4.79 Å². The Morgan fingerprint density at radius 3 is 2.57 bits per heavy atom. The van der Waals surface area contributed by atoms with Crippen molar-refractivity contribution in [3.63, 3.8) is 0 Å². The van der Waals surface area contributed by atoms with E-state index in [0.717, 1.165) is 32.5 Å². The molecule has 0 N–H and O–H groups in total. The molecular formula is C16H27N3O2. The van der Waals surface area contributed by atoms with Gasteiger partial charge in [0.05, 0.1) is 18.8 Å². The number of aryl methyl sites for hydroxylation is 1. The zero-order valence-corrected chi connectivity index (χ0v) is 13.7. The van der Waals surface area contributed by atoms with Crippen LogP contribution in [0.5, 0.6) is 5.75 Å². The molecule has 0 aliphatic carbocycles. The molecule has 1 unspecified atom stereocenters. The summed E-state index contributed by atoms with van der Waals surface area (Å²) in [6.07, 6.45) is 5.75. The fourth-order valence-corrected chi connectivity index (χ4v) is 3.12. The lowest BCUT2D eigenvalue weighted by Crippen LogP contribution is -2.51. The lowest BCUT2D eigenvalue weighted by molar-refractivity contribution is 0.0632. The normalized spacial score (nSPS) is 18.7. The van der Waals surface area contributed by atoms with Crippen LogP contribution in [0.4, 0.5) is 0 Å². The Morgan fingerprint density at radius 2 is 2.05 bits per heavy atom. The van der Waals surface area contributed by atoms with Crippen LogP contribution in [-0.2, 0) is 6.54 Å². The van der Waals surface area contributed by atoms with Gasteiger partial charge in [-0.3, -0.25) is 14.4 Å². The van der Waals surface area contributed by atoms with E-state index in [2.05, 4.69) is 30.8 Å². The minimum Gasteiger partial charge on any atom is -0.493 e. The highest BCUT2D eigenvalue weighted by Gasteiger charge is 2.42. The van der Waals surface area contributed by atoms with Crippen molar-refractivity contribution in [2.75, 3.05) is 20.2 Å². The Bertz CT molecular complexity index is 492. The van der Waals surface area contributed by atoms with E-state index in [0.29, 0.717) is 11.4 Å². The maximum atomic E-state index is 13.2. The third kappa shape index (κ3) is 2.84. The van der Waals surface area contributed by atoms with Gasteiger partial charge in [0.2, 0.25) is 5.78 Å². The summed E-state index contributed by atoms with van der Waals surface area (Å²) in [6.45, 7) is 8.97. The zero-order valence-electron chi connectivity index (χ0n) is 13.7. The molecule has 2 heterocycles. The van der Waals surface area contributed by atoms with Gasteiger partial charge in [0, 0.05) is 6.54 Å². The lowest BCUT2D eigenvalue weighted by Gasteiger charge is -2.36. The first-order valence-electron chi connectivity index (χ1n) is 7.98. The Balaban J connectivity index is 2.38. The Kier molecular flexibility index (Phi) is 5.04. The van der Waals surface area contributed by atoms with Gasteiger partial charge < -0.3 is 4.74 Å². The van der Waals surface area contributed by atoms with Crippen molar-refractivity contribution in [2.45, 2.75) is 58.5 Å². The first kappa shape index (κ1) is 16.0. The average molecular weight is 293 g/mol. The molecule has 0 saturated carbocycles. The summed E-state index contributed by atoms with van der Waals surface area (Å²) in [6, 6.07) is 0. The van der Waals surface area contributed by atoms with E-state index >= 15 is 0 Å². The first-order valence-corrected chi connectivity index (χ1v) is 7.98. The second kappa shape index (κ2) is 6.60. The van der Waals surface area contributed by atoms with Crippen molar-refractivity contribution >= 4 is 5.78 Å². The molecule has 1 saturated heterocycles. The molecule has 1 aromatic rings. The molecule has 118 valence electrons. The monoisotopic (exact) mass is 293 g/mol. The second-order valence-electron chi connectivity index (χ2n) is 5.94. The fourth-order valence-electron chi connectivity index (χ4n) is 3.12. The lowest BCUT2D eigenvalue weighted by atomic mass is 9.89. The van der Waals surface area contributed by atoms with Crippen LogP contribution < -0.4 is 4.74 Å². The summed E-state index contributed by atoms with van der Waals surface area (Å²) in [5.41, 5.74) is 0.158. The van der Waals surface area contributed by atoms with Crippen LogP contribution in [0.2, 0.25) is 0 Å². The number of Topliss-reactive ketones (excluding diaryl/α,β-unsaturated/α-hetero) is 1. The molecule has 0 amide bonds. The number of carbonyl (C=O) groups is 1. The maximum Gasteiger partial charge on any atom is 0.204 e. The minimum atomic E-state index is -0.463. The quantitative estimate of drug-likeness (QED) is 0.725. The van der Waals surface area contributed by atoms with Crippen LogP contribution in [0.25, 0.3) is 0 Å². The molecule has 0 bridgehead atoms. The van der Waals surface area contributed by atoms with E-state index in [1.54, 1.807) is 18.0 Å². The molecule has 2 rings (SSSR count). The van der Waals surface area contributed by atoms with Crippen molar-refractivity contribution in [3.8, 4) is 5.75 Å². The molecule has 21 heavy (non-hydrogen) atoms. The van der Waals surface area contributed by atoms with Gasteiger partial charge in [-0.25, -0.2) is 0 Å². The summed E-state index contributed by atoms with van der Waals surface area (Å²) in [7, 11) is 1.60. The van der Waals surface area contributed by atoms with Gasteiger partial charge >= 0.3 is 0 Å². The number of hydrogen-bond acceptors (Lipinski definition) is 4. The predicted octanol–water partition coefficient (Wildman–Crippen LogP) is 2.75. The third-order valence-corrected chi connectivity index (χ3v) is 4.66. The number of ether oxygens (including phenoxy) is 1. The Labute approximate surface area is 127 Å². The number of ketones is 1. The summed E-state index contributed by atoms with van der Waals surface area (Å²) in [5, 5.41) is 4.32. The molecule has 5 heteroatoms. The second-order valence-corrected chi connectivity index (χ2v) is 5.94. The SMILES string of the molecule is CCCn1ncc(OC)c1C(=O)C(C)(CC)N1CCCC1. The highest BCUT2D eigenvalue weighted by atomic mass is 16.5. The van der Waals surface area contributed by atoms with Gasteiger partial charge in [-0.2, -0.15) is 5.10 Å². The van der Waals surface area contributed by atoms with Crippen LogP contribution in [0.15, 0.2) is 6.20 Å². The standard InChI is InChI=1S/C16H27N3O2/c1-5-9-19-14(13(21-4)12-17-19)15(20)16(3,6-2)18-10-7-8-11-18/h12H,5-11H2,1-4H3. The average Bonchev–Trinajstić information content (AvgIpc) is 3.15. The van der Waals surface area contributed by atoms with E-state index in [-0.39, 0.29) is 5.78 Å². The van der Waals surface area contributed by atoms with E-state index in [4.69, 9.17) is 4.74 Å². The van der Waals surface area contributed by atoms with Crippen LogP contribution in [0.3, 0.4) is 0 Å². The van der Waals surface area contributed by atoms with Gasteiger partial charge in [0.25, 0.3) is 0 Å². The van der Waals surface area contributed by atoms with Gasteiger partial charge in [-0.05, 0) is 45.7 Å². The minimum absolute atomic E-state index is 0.134. The largest absolute Gasteiger partial charge is 0.493 e. The number of aromatic nitrogens is 2. The van der Waals surface area contributed by atoms with E-state index in [1.807, 2.05) is 0 Å². The molecule has 5 nitrogen and oxygen atoms in total. The molecule has 1 atom stereocenters. The number of methoxy groups -OCH3 is 1. The van der Waals surface area contributed by atoms with E-state index in [1.165, 1.54) is 12.8 Å². The number of carbonyl (C=O) groups excluding carboxylic acids is 1. The highest BCUT2D eigenvalue weighted by Crippen LogP contribution is 2.31. The highest BCUT2D eigenvalue weighted by molar-refractivity contribution is 6.03. The van der Waals surface area contributed by atoms with Crippen molar-refractivity contribution < 1.29 is 9.53 Å². The Hall–Kier alpha value is -1.36. The topological polar surface area (TPSA) is 47.4 Å². The number of rotatable bonds is 7. The van der Waals surface area contributed by atoms with Crippen molar-refractivity contribution in [3.05, 3.63) is 11.9 Å². The molecule has 0 spiro atoms. The first-order chi connectivity index (χ1) is 10.1. The Morgan fingerprint density at radius 1 is 1.38 bits per heavy atom. The van der Waals surface area contributed by atoms with Crippen LogP contribution >= 0.6 is 0 Å². The molecular weight excluding hydrogens is 266 g/mol. The van der Waals surface area contributed by atoms with Gasteiger partial charge in [-0.15, -0.1) is 0 Å². The van der Waals surface area contributed by atoms with Crippen LogP contribution in [0, 0.1) is 0 Å².